The molecule has 1 aromatic heterocycles. The minimum Gasteiger partial charge on any atom is -0.439 e. The number of nitrogens with two attached hydrogens (primary N) is 1. The van der Waals surface area contributed by atoms with E-state index in [4.69, 9.17) is 15.2 Å². The van der Waals surface area contributed by atoms with Crippen LogP contribution < -0.4 is 10.5 Å². The fraction of sp³-hybridized carbons (Fsp3) is 0.267. The molecule has 0 fully saturated rings. The van der Waals surface area contributed by atoms with Gasteiger partial charge in [0.25, 0.3) is 0 Å². The van der Waals surface area contributed by atoms with E-state index in [-0.39, 0.29) is 6.04 Å². The summed E-state index contributed by atoms with van der Waals surface area (Å²) in [6.45, 7) is 2.49. The summed E-state index contributed by atoms with van der Waals surface area (Å²) in [6, 6.07) is 11.5. The van der Waals surface area contributed by atoms with E-state index in [9.17, 15) is 0 Å². The van der Waals surface area contributed by atoms with E-state index in [1.807, 2.05) is 43.3 Å². The minimum absolute atomic E-state index is 0.0217. The molecule has 0 saturated carbocycles. The molecular weight excluding hydrogens is 240 g/mol. The Balaban J connectivity index is 2.10. The lowest BCUT2D eigenvalue weighted by atomic mass is 10.2. The van der Waals surface area contributed by atoms with Gasteiger partial charge in [-0.05, 0) is 30.2 Å². The van der Waals surface area contributed by atoms with E-state index in [1.165, 1.54) is 0 Å². The zero-order valence-corrected chi connectivity index (χ0v) is 11.2. The zero-order valence-electron chi connectivity index (χ0n) is 11.2. The Morgan fingerprint density at radius 3 is 2.74 bits per heavy atom. The molecule has 4 nitrogen and oxygen atoms in total. The van der Waals surface area contributed by atoms with Gasteiger partial charge in [0.1, 0.15) is 5.75 Å². The van der Waals surface area contributed by atoms with Crippen LogP contribution in [0.2, 0.25) is 0 Å². The number of hydrogen-bond acceptors (Lipinski definition) is 4. The first-order chi connectivity index (χ1) is 9.19. The third-order valence-corrected chi connectivity index (χ3v) is 2.72. The first-order valence-electron chi connectivity index (χ1n) is 6.16. The molecule has 1 unspecified atom stereocenters. The zero-order chi connectivity index (χ0) is 13.7. The van der Waals surface area contributed by atoms with Gasteiger partial charge >= 0.3 is 0 Å². The quantitative estimate of drug-likeness (QED) is 0.895. The first kappa shape index (κ1) is 13.5. The van der Waals surface area contributed by atoms with Gasteiger partial charge in [0.15, 0.2) is 0 Å². The van der Waals surface area contributed by atoms with Crippen LogP contribution in [0.1, 0.15) is 24.1 Å². The van der Waals surface area contributed by atoms with Crippen molar-refractivity contribution in [3.8, 4) is 11.6 Å². The predicted molar refractivity (Wildman–Crippen MR) is 74.1 cm³/mol. The van der Waals surface area contributed by atoms with E-state index >= 15 is 0 Å². The molecule has 0 saturated heterocycles. The van der Waals surface area contributed by atoms with Crippen LogP contribution in [0.3, 0.4) is 0 Å². The van der Waals surface area contributed by atoms with Crippen LogP contribution in [0.4, 0.5) is 0 Å². The minimum atomic E-state index is -0.0217. The number of pyridine rings is 1. The van der Waals surface area contributed by atoms with Crippen molar-refractivity contribution in [3.05, 3.63) is 53.7 Å². The number of benzene rings is 1. The second-order valence-electron chi connectivity index (χ2n) is 4.40. The predicted octanol–water partition coefficient (Wildman–Crippen LogP) is 3.04. The number of ether oxygens (including phenoxy) is 2. The lowest BCUT2D eigenvalue weighted by Crippen LogP contribution is -2.05. The topological polar surface area (TPSA) is 57.4 Å². The molecule has 1 atom stereocenters. The van der Waals surface area contributed by atoms with Gasteiger partial charge < -0.3 is 15.2 Å². The Morgan fingerprint density at radius 2 is 2.11 bits per heavy atom. The Labute approximate surface area is 113 Å². The molecule has 100 valence electrons. The van der Waals surface area contributed by atoms with E-state index in [0.717, 1.165) is 16.9 Å². The van der Waals surface area contributed by atoms with Crippen LogP contribution in [0.15, 0.2) is 42.6 Å². The van der Waals surface area contributed by atoms with Crippen LogP contribution in [0.5, 0.6) is 11.6 Å². The molecule has 2 rings (SSSR count). The lowest BCUT2D eigenvalue weighted by molar-refractivity contribution is 0.184. The number of methoxy groups -OCH3 is 1. The van der Waals surface area contributed by atoms with Crippen LogP contribution >= 0.6 is 0 Å². The standard InChI is InChI=1S/C15H18N2O2/c1-11(16)13-6-7-15(17-9-13)19-14-5-3-4-12(8-14)10-18-2/h3-9,11H,10,16H2,1-2H3. The summed E-state index contributed by atoms with van der Waals surface area (Å²) >= 11 is 0. The molecular formula is C15H18N2O2. The molecule has 1 aromatic carbocycles. The molecule has 0 radical (unpaired) electrons. The highest BCUT2D eigenvalue weighted by atomic mass is 16.5. The highest BCUT2D eigenvalue weighted by Gasteiger charge is 2.03. The molecule has 0 aliphatic carbocycles. The molecule has 2 N–H and O–H groups in total. The molecule has 4 heteroatoms. The van der Waals surface area contributed by atoms with Crippen LogP contribution in [0, 0.1) is 0 Å². The number of rotatable bonds is 5. The summed E-state index contributed by atoms with van der Waals surface area (Å²) in [5.41, 5.74) is 7.82. The monoisotopic (exact) mass is 258 g/mol. The lowest BCUT2D eigenvalue weighted by Gasteiger charge is -2.08. The summed E-state index contributed by atoms with van der Waals surface area (Å²) in [7, 11) is 1.67. The molecule has 0 bridgehead atoms. The van der Waals surface area contributed by atoms with Crippen LogP contribution in [-0.4, -0.2) is 12.1 Å². The summed E-state index contributed by atoms with van der Waals surface area (Å²) in [5, 5.41) is 0. The maximum Gasteiger partial charge on any atom is 0.219 e. The molecule has 2 aromatic rings. The Hall–Kier alpha value is -1.91. The van der Waals surface area contributed by atoms with Crippen molar-refractivity contribution in [2.75, 3.05) is 7.11 Å². The largest absolute Gasteiger partial charge is 0.439 e. The number of hydrogen-bond donors (Lipinski definition) is 1. The van der Waals surface area contributed by atoms with Gasteiger partial charge in [-0.15, -0.1) is 0 Å². The van der Waals surface area contributed by atoms with E-state index in [0.29, 0.717) is 12.5 Å². The first-order valence-corrected chi connectivity index (χ1v) is 6.16. The van der Waals surface area contributed by atoms with Crippen molar-refractivity contribution in [3.63, 3.8) is 0 Å². The van der Waals surface area contributed by atoms with Gasteiger partial charge in [0.05, 0.1) is 6.61 Å². The van der Waals surface area contributed by atoms with Gasteiger partial charge in [-0.2, -0.15) is 0 Å². The van der Waals surface area contributed by atoms with Crippen LogP contribution in [-0.2, 0) is 11.3 Å². The summed E-state index contributed by atoms with van der Waals surface area (Å²) < 4.78 is 10.8. The van der Waals surface area contributed by atoms with Gasteiger partial charge in [0.2, 0.25) is 5.88 Å². The molecule has 19 heavy (non-hydrogen) atoms. The summed E-state index contributed by atoms with van der Waals surface area (Å²) in [5.74, 6) is 1.30. The molecule has 0 aliphatic rings. The highest BCUT2D eigenvalue weighted by molar-refractivity contribution is 5.32. The fourth-order valence-corrected chi connectivity index (χ4v) is 1.71. The van der Waals surface area contributed by atoms with Crippen molar-refractivity contribution in [1.29, 1.82) is 0 Å². The third-order valence-electron chi connectivity index (χ3n) is 2.72. The van der Waals surface area contributed by atoms with Gasteiger partial charge in [-0.25, -0.2) is 4.98 Å². The smallest absolute Gasteiger partial charge is 0.219 e. The summed E-state index contributed by atoms with van der Waals surface area (Å²) in [4.78, 5) is 4.24. The molecule has 1 heterocycles. The van der Waals surface area contributed by atoms with Gasteiger partial charge in [0, 0.05) is 25.4 Å². The Kier molecular flexibility index (Phi) is 4.49. The van der Waals surface area contributed by atoms with E-state index in [1.54, 1.807) is 13.3 Å². The molecule has 0 aliphatic heterocycles. The molecule has 0 spiro atoms. The second kappa shape index (κ2) is 6.31. The number of nitrogens with zero attached hydrogens (tertiary/aromatic N) is 1. The van der Waals surface area contributed by atoms with Crippen molar-refractivity contribution in [2.45, 2.75) is 19.6 Å². The van der Waals surface area contributed by atoms with Gasteiger partial charge in [-0.3, -0.25) is 0 Å². The van der Waals surface area contributed by atoms with E-state index < -0.39 is 0 Å². The maximum absolute atomic E-state index is 5.77. The average molecular weight is 258 g/mol. The van der Waals surface area contributed by atoms with Gasteiger partial charge in [-0.1, -0.05) is 18.2 Å². The van der Waals surface area contributed by atoms with E-state index in [2.05, 4.69) is 4.98 Å². The maximum atomic E-state index is 5.77. The SMILES string of the molecule is COCc1cccc(Oc2ccc(C(C)N)cn2)c1. The number of aromatic nitrogens is 1. The van der Waals surface area contributed by atoms with Crippen molar-refractivity contribution < 1.29 is 9.47 Å². The normalized spacial score (nSPS) is 12.2. The van der Waals surface area contributed by atoms with Crippen molar-refractivity contribution in [1.82, 2.24) is 4.98 Å². The van der Waals surface area contributed by atoms with Crippen molar-refractivity contribution >= 4 is 0 Å². The fourth-order valence-electron chi connectivity index (χ4n) is 1.71. The Morgan fingerprint density at radius 1 is 1.26 bits per heavy atom. The van der Waals surface area contributed by atoms with Crippen LogP contribution in [0.25, 0.3) is 0 Å². The highest BCUT2D eigenvalue weighted by Crippen LogP contribution is 2.21. The summed E-state index contributed by atoms with van der Waals surface area (Å²) in [6.07, 6.45) is 1.74. The third kappa shape index (κ3) is 3.77. The molecule has 0 amide bonds. The Bertz CT molecular complexity index is 524. The average Bonchev–Trinajstić information content (AvgIpc) is 2.40. The second-order valence-corrected chi connectivity index (χ2v) is 4.40. The van der Waals surface area contributed by atoms with Crippen molar-refractivity contribution in [2.24, 2.45) is 5.73 Å².